The van der Waals surface area contributed by atoms with Gasteiger partial charge in [0.25, 0.3) is 0 Å². The molecule has 1 atom stereocenters. The lowest BCUT2D eigenvalue weighted by molar-refractivity contribution is 0.181. The molecular formula is C22H30N4O2. The van der Waals surface area contributed by atoms with Crippen LogP contribution >= 0.6 is 0 Å². The van der Waals surface area contributed by atoms with Crippen molar-refractivity contribution in [2.24, 2.45) is 10.9 Å². The summed E-state index contributed by atoms with van der Waals surface area (Å²) in [5.41, 5.74) is 2.10. The Kier molecular flexibility index (Phi) is 7.67. The Bertz CT molecular complexity index is 745. The number of nitrogens with one attached hydrogen (secondary N) is 1. The Hall–Kier alpha value is -2.60. The average molecular weight is 383 g/mol. The van der Waals surface area contributed by atoms with E-state index in [1.807, 2.05) is 42.5 Å². The highest BCUT2D eigenvalue weighted by Gasteiger charge is 2.19. The van der Waals surface area contributed by atoms with Crippen LogP contribution in [0, 0.1) is 5.92 Å². The van der Waals surface area contributed by atoms with E-state index < -0.39 is 0 Å². The molecule has 28 heavy (non-hydrogen) atoms. The van der Waals surface area contributed by atoms with E-state index in [2.05, 4.69) is 29.2 Å². The summed E-state index contributed by atoms with van der Waals surface area (Å²) < 4.78 is 11.4. The quantitative estimate of drug-likeness (QED) is 0.562. The van der Waals surface area contributed by atoms with Crippen LogP contribution in [0.25, 0.3) is 0 Å². The van der Waals surface area contributed by atoms with E-state index in [0.717, 1.165) is 49.8 Å². The number of nitrogens with zero attached hydrogens (tertiary/aromatic N) is 3. The van der Waals surface area contributed by atoms with E-state index >= 15 is 0 Å². The fourth-order valence-electron chi connectivity index (χ4n) is 3.23. The molecule has 2 heterocycles. The molecule has 6 nitrogen and oxygen atoms in total. The van der Waals surface area contributed by atoms with Gasteiger partial charge >= 0.3 is 0 Å². The van der Waals surface area contributed by atoms with Crippen LogP contribution < -0.4 is 10.1 Å². The van der Waals surface area contributed by atoms with Gasteiger partial charge < -0.3 is 19.7 Å². The van der Waals surface area contributed by atoms with Gasteiger partial charge in [0.05, 0.1) is 13.2 Å². The normalized spacial score (nSPS) is 16.8. The van der Waals surface area contributed by atoms with Crippen LogP contribution in [0.4, 0.5) is 0 Å². The standard InChI is InChI=1S/C22H30N4O2/c1-3-23-22(26(2)15-19-11-13-27-16-19)25-14-20-10-7-12-24-21(20)28-17-18-8-5-4-6-9-18/h4-10,12,19H,3,11,13-17H2,1-2H3,(H,23,25). The Morgan fingerprint density at radius 2 is 2.14 bits per heavy atom. The zero-order valence-corrected chi connectivity index (χ0v) is 16.8. The minimum Gasteiger partial charge on any atom is -0.473 e. The fourth-order valence-corrected chi connectivity index (χ4v) is 3.23. The summed E-state index contributed by atoms with van der Waals surface area (Å²) in [6.45, 7) is 6.57. The molecule has 1 aliphatic rings. The van der Waals surface area contributed by atoms with E-state index in [4.69, 9.17) is 14.5 Å². The van der Waals surface area contributed by atoms with Gasteiger partial charge in [0.15, 0.2) is 5.96 Å². The summed E-state index contributed by atoms with van der Waals surface area (Å²) in [5.74, 6) is 2.10. The second kappa shape index (κ2) is 10.7. The number of hydrogen-bond acceptors (Lipinski definition) is 4. The van der Waals surface area contributed by atoms with Crippen molar-refractivity contribution in [3.8, 4) is 5.88 Å². The van der Waals surface area contributed by atoms with Crippen LogP contribution in [0.3, 0.4) is 0 Å². The number of aliphatic imine (C=N–C) groups is 1. The minimum absolute atomic E-state index is 0.496. The smallest absolute Gasteiger partial charge is 0.218 e. The van der Waals surface area contributed by atoms with E-state index in [1.165, 1.54) is 0 Å². The molecule has 1 fully saturated rings. The highest BCUT2D eigenvalue weighted by molar-refractivity contribution is 5.79. The third-order valence-electron chi connectivity index (χ3n) is 4.72. The van der Waals surface area contributed by atoms with Gasteiger partial charge in [-0.3, -0.25) is 0 Å². The van der Waals surface area contributed by atoms with E-state index in [-0.39, 0.29) is 0 Å². The molecule has 1 N–H and O–H groups in total. The Morgan fingerprint density at radius 1 is 1.29 bits per heavy atom. The van der Waals surface area contributed by atoms with Gasteiger partial charge in [-0.15, -0.1) is 0 Å². The predicted molar refractivity (Wildman–Crippen MR) is 111 cm³/mol. The van der Waals surface area contributed by atoms with Crippen LogP contribution in [-0.4, -0.2) is 49.2 Å². The maximum absolute atomic E-state index is 5.95. The number of benzene rings is 1. The molecule has 1 aromatic heterocycles. The maximum atomic E-state index is 5.95. The molecule has 6 heteroatoms. The Morgan fingerprint density at radius 3 is 2.89 bits per heavy atom. The number of guanidine groups is 1. The number of hydrogen-bond donors (Lipinski definition) is 1. The largest absolute Gasteiger partial charge is 0.473 e. The summed E-state index contributed by atoms with van der Waals surface area (Å²) in [6, 6.07) is 14.1. The van der Waals surface area contributed by atoms with Gasteiger partial charge in [0.1, 0.15) is 6.61 Å². The molecular weight excluding hydrogens is 352 g/mol. The number of aromatic nitrogens is 1. The second-order valence-electron chi connectivity index (χ2n) is 7.02. The zero-order chi connectivity index (χ0) is 19.6. The topological polar surface area (TPSA) is 59.0 Å². The molecule has 0 aliphatic carbocycles. The molecule has 1 aromatic carbocycles. The van der Waals surface area contributed by atoms with E-state index in [1.54, 1.807) is 6.20 Å². The van der Waals surface area contributed by atoms with Crippen LogP contribution in [0.1, 0.15) is 24.5 Å². The average Bonchev–Trinajstić information content (AvgIpc) is 3.24. The first-order valence-electron chi connectivity index (χ1n) is 9.94. The molecule has 2 aromatic rings. The predicted octanol–water partition coefficient (Wildman–Crippen LogP) is 3.09. The number of rotatable bonds is 8. The van der Waals surface area contributed by atoms with Crippen molar-refractivity contribution in [1.29, 1.82) is 0 Å². The molecule has 0 saturated carbocycles. The van der Waals surface area contributed by atoms with Crippen molar-refractivity contribution < 1.29 is 9.47 Å². The molecule has 0 spiro atoms. The third kappa shape index (κ3) is 5.96. The molecule has 0 radical (unpaired) electrons. The van der Waals surface area contributed by atoms with Crippen molar-refractivity contribution in [2.75, 3.05) is 33.4 Å². The second-order valence-corrected chi connectivity index (χ2v) is 7.02. The van der Waals surface area contributed by atoms with Crippen molar-refractivity contribution in [1.82, 2.24) is 15.2 Å². The SMILES string of the molecule is CCNC(=NCc1cccnc1OCc1ccccc1)N(C)CC1CCOC1. The first-order valence-corrected chi connectivity index (χ1v) is 9.94. The molecule has 3 rings (SSSR count). The van der Waals surface area contributed by atoms with Crippen LogP contribution in [0.5, 0.6) is 5.88 Å². The van der Waals surface area contributed by atoms with Crippen molar-refractivity contribution in [3.63, 3.8) is 0 Å². The summed E-state index contributed by atoms with van der Waals surface area (Å²) in [7, 11) is 2.08. The lowest BCUT2D eigenvalue weighted by atomic mass is 10.1. The monoisotopic (exact) mass is 382 g/mol. The van der Waals surface area contributed by atoms with E-state index in [0.29, 0.717) is 24.9 Å². The summed E-state index contributed by atoms with van der Waals surface area (Å²) in [5, 5.41) is 3.38. The van der Waals surface area contributed by atoms with Gasteiger partial charge in [0, 0.05) is 44.4 Å². The highest BCUT2D eigenvalue weighted by Crippen LogP contribution is 2.18. The van der Waals surface area contributed by atoms with Gasteiger partial charge in [-0.2, -0.15) is 0 Å². The van der Waals surface area contributed by atoms with Crippen LogP contribution in [-0.2, 0) is 17.9 Å². The molecule has 0 amide bonds. The minimum atomic E-state index is 0.496. The molecule has 1 aliphatic heterocycles. The fraction of sp³-hybridized carbons (Fsp3) is 0.455. The molecule has 1 unspecified atom stereocenters. The molecule has 1 saturated heterocycles. The zero-order valence-electron chi connectivity index (χ0n) is 16.8. The summed E-state index contributed by atoms with van der Waals surface area (Å²) in [4.78, 5) is 11.4. The summed E-state index contributed by atoms with van der Waals surface area (Å²) in [6.07, 6.45) is 2.87. The van der Waals surface area contributed by atoms with E-state index in [9.17, 15) is 0 Å². The van der Waals surface area contributed by atoms with Gasteiger partial charge in [0.2, 0.25) is 5.88 Å². The van der Waals surface area contributed by atoms with Gasteiger partial charge in [-0.25, -0.2) is 9.98 Å². The Balaban J connectivity index is 1.64. The van der Waals surface area contributed by atoms with Crippen molar-refractivity contribution in [2.45, 2.75) is 26.5 Å². The third-order valence-corrected chi connectivity index (χ3v) is 4.72. The molecule has 0 bridgehead atoms. The lowest BCUT2D eigenvalue weighted by Crippen LogP contribution is -2.41. The first-order chi connectivity index (χ1) is 13.8. The first kappa shape index (κ1) is 20.1. The van der Waals surface area contributed by atoms with Crippen molar-refractivity contribution >= 4 is 5.96 Å². The number of pyridine rings is 1. The number of ether oxygens (including phenoxy) is 2. The van der Waals surface area contributed by atoms with Crippen LogP contribution in [0.15, 0.2) is 53.7 Å². The van der Waals surface area contributed by atoms with Crippen molar-refractivity contribution in [3.05, 3.63) is 59.8 Å². The molecule has 150 valence electrons. The maximum Gasteiger partial charge on any atom is 0.218 e. The van der Waals surface area contributed by atoms with Crippen LogP contribution in [0.2, 0.25) is 0 Å². The summed E-state index contributed by atoms with van der Waals surface area (Å²) >= 11 is 0. The van der Waals surface area contributed by atoms with Gasteiger partial charge in [-0.05, 0) is 25.0 Å². The van der Waals surface area contributed by atoms with Gasteiger partial charge in [-0.1, -0.05) is 36.4 Å². The lowest BCUT2D eigenvalue weighted by Gasteiger charge is -2.24. The highest BCUT2D eigenvalue weighted by atomic mass is 16.5. The Labute approximate surface area is 167 Å².